The minimum Gasteiger partial charge on any atom is -0.316 e. The van der Waals surface area contributed by atoms with Crippen molar-refractivity contribution in [1.82, 2.24) is 19.1 Å². The van der Waals surface area contributed by atoms with Gasteiger partial charge in [-0.3, -0.25) is 9.78 Å². The Bertz CT molecular complexity index is 946. The molecule has 0 saturated heterocycles. The van der Waals surface area contributed by atoms with E-state index in [1.807, 2.05) is 25.1 Å². The molecule has 20 heavy (non-hydrogen) atoms. The van der Waals surface area contributed by atoms with Gasteiger partial charge in [-0.05, 0) is 31.3 Å². The molecule has 3 rings (SSSR count). The highest BCUT2D eigenvalue weighted by molar-refractivity contribution is 7.71. The predicted molar refractivity (Wildman–Crippen MR) is 79.0 cm³/mol. The fraction of sp³-hybridized carbons (Fsp3) is 0.154. The van der Waals surface area contributed by atoms with Gasteiger partial charge in [-0.2, -0.15) is 0 Å². The van der Waals surface area contributed by atoms with E-state index in [0.29, 0.717) is 28.2 Å². The number of para-hydroxylation sites is 1. The minimum absolute atomic E-state index is 0.376. The van der Waals surface area contributed by atoms with Gasteiger partial charge in [-0.1, -0.05) is 18.2 Å². The lowest BCUT2D eigenvalue weighted by Crippen LogP contribution is -2.30. The van der Waals surface area contributed by atoms with Crippen LogP contribution in [-0.2, 0) is 6.54 Å². The lowest BCUT2D eigenvalue weighted by molar-refractivity contribution is 0.769. The van der Waals surface area contributed by atoms with Crippen LogP contribution in [0.2, 0.25) is 0 Å². The predicted octanol–water partition coefficient (Wildman–Crippen LogP) is 1.56. The van der Waals surface area contributed by atoms with E-state index >= 15 is 0 Å². The number of aryl methyl sites for hydroxylation is 1. The van der Waals surface area contributed by atoms with E-state index in [4.69, 9.17) is 12.2 Å². The molecule has 0 unspecified atom stereocenters. The van der Waals surface area contributed by atoms with Crippen LogP contribution >= 0.6 is 12.2 Å². The number of aromatic amines is 2. The molecule has 1 aromatic carbocycles. The number of nitrogens with one attached hydrogen (secondary N) is 2. The molecule has 3 aromatic rings. The van der Waals surface area contributed by atoms with Gasteiger partial charge in [0.05, 0.1) is 5.69 Å². The van der Waals surface area contributed by atoms with Gasteiger partial charge in [0.15, 0.2) is 15.9 Å². The number of benzene rings is 1. The van der Waals surface area contributed by atoms with Crippen LogP contribution in [-0.4, -0.2) is 19.1 Å². The summed E-state index contributed by atoms with van der Waals surface area (Å²) in [5, 5.41) is 0. The Balaban J connectivity index is 2.54. The minimum atomic E-state index is -0.492. The van der Waals surface area contributed by atoms with E-state index in [9.17, 15) is 9.59 Å². The van der Waals surface area contributed by atoms with Crippen LogP contribution in [0, 0.1) is 4.77 Å². The lowest BCUT2D eigenvalue weighted by atomic mass is 10.3. The zero-order chi connectivity index (χ0) is 14.3. The van der Waals surface area contributed by atoms with Crippen LogP contribution in [0.4, 0.5) is 0 Å². The number of imidazole rings is 1. The Morgan fingerprint density at radius 3 is 2.50 bits per heavy atom. The van der Waals surface area contributed by atoms with E-state index in [1.165, 1.54) is 4.57 Å². The topological polar surface area (TPSA) is 75.6 Å². The fourth-order valence-electron chi connectivity index (χ4n) is 2.29. The number of hydrogen-bond acceptors (Lipinski definition) is 3. The first-order chi connectivity index (χ1) is 9.63. The average molecular weight is 288 g/mol. The molecule has 2 N–H and O–H groups in total. The summed E-state index contributed by atoms with van der Waals surface area (Å²) in [5.41, 5.74) is 0.524. The average Bonchev–Trinajstić information content (AvgIpc) is 2.76. The largest absolute Gasteiger partial charge is 0.334 e. The monoisotopic (exact) mass is 288 g/mol. The van der Waals surface area contributed by atoms with Crippen LogP contribution in [0.25, 0.3) is 16.9 Å². The Morgan fingerprint density at radius 2 is 1.85 bits per heavy atom. The van der Waals surface area contributed by atoms with Crippen molar-refractivity contribution < 1.29 is 0 Å². The van der Waals surface area contributed by atoms with E-state index in [0.717, 1.165) is 0 Å². The molecule has 0 bridgehead atoms. The Hall–Kier alpha value is -2.41. The van der Waals surface area contributed by atoms with E-state index in [1.54, 1.807) is 16.7 Å². The molecule has 7 heteroatoms. The summed E-state index contributed by atoms with van der Waals surface area (Å²) < 4.78 is 3.50. The highest BCUT2D eigenvalue weighted by Gasteiger charge is 2.14. The second-order valence-electron chi connectivity index (χ2n) is 4.30. The second kappa shape index (κ2) is 4.61. The highest BCUT2D eigenvalue weighted by Crippen LogP contribution is 2.12. The van der Waals surface area contributed by atoms with Gasteiger partial charge in [0.25, 0.3) is 5.56 Å². The van der Waals surface area contributed by atoms with Gasteiger partial charge in [-0.15, -0.1) is 0 Å². The highest BCUT2D eigenvalue weighted by atomic mass is 32.1. The van der Waals surface area contributed by atoms with Crippen LogP contribution < -0.4 is 11.2 Å². The van der Waals surface area contributed by atoms with Crippen molar-refractivity contribution in [2.75, 3.05) is 0 Å². The van der Waals surface area contributed by atoms with Gasteiger partial charge in [-0.25, -0.2) is 9.36 Å². The molecule has 0 aliphatic heterocycles. The third-order valence-electron chi connectivity index (χ3n) is 3.16. The SMILES string of the molecule is CCn1c(=S)[nH]c2c1c(=O)[nH]c(=O)n2-c1ccccc1. The molecule has 0 aliphatic rings. The maximum absolute atomic E-state index is 12.1. The van der Waals surface area contributed by atoms with Crippen LogP contribution in [0.3, 0.4) is 0 Å². The zero-order valence-electron chi connectivity index (χ0n) is 10.7. The lowest BCUT2D eigenvalue weighted by Gasteiger charge is -2.06. The second-order valence-corrected chi connectivity index (χ2v) is 4.69. The Morgan fingerprint density at radius 1 is 1.15 bits per heavy atom. The van der Waals surface area contributed by atoms with E-state index in [2.05, 4.69) is 9.97 Å². The van der Waals surface area contributed by atoms with Gasteiger partial charge in [0, 0.05) is 6.54 Å². The number of hydrogen-bond donors (Lipinski definition) is 2. The quantitative estimate of drug-likeness (QED) is 0.703. The maximum Gasteiger partial charge on any atom is 0.334 e. The summed E-state index contributed by atoms with van der Waals surface area (Å²) >= 11 is 5.20. The van der Waals surface area contributed by atoms with Crippen molar-refractivity contribution in [1.29, 1.82) is 0 Å². The Kier molecular flexibility index (Phi) is 2.90. The first-order valence-electron chi connectivity index (χ1n) is 6.16. The molecule has 0 atom stereocenters. The number of H-pyrrole nitrogens is 2. The molecule has 6 nitrogen and oxygen atoms in total. The van der Waals surface area contributed by atoms with Crippen molar-refractivity contribution >= 4 is 23.4 Å². The van der Waals surface area contributed by atoms with Crippen molar-refractivity contribution in [3.8, 4) is 5.69 Å². The first-order valence-corrected chi connectivity index (χ1v) is 6.57. The van der Waals surface area contributed by atoms with Crippen LogP contribution in [0.15, 0.2) is 39.9 Å². The summed E-state index contributed by atoms with van der Waals surface area (Å²) in [5.74, 6) is 0. The van der Waals surface area contributed by atoms with E-state index < -0.39 is 11.2 Å². The molecule has 0 fully saturated rings. The first kappa shape index (κ1) is 12.6. The fourth-order valence-corrected chi connectivity index (χ4v) is 2.61. The van der Waals surface area contributed by atoms with E-state index in [-0.39, 0.29) is 0 Å². The molecule has 0 radical (unpaired) electrons. The molecular formula is C13H12N4O2S. The molecule has 2 aromatic heterocycles. The number of fused-ring (bicyclic) bond motifs is 1. The van der Waals surface area contributed by atoms with Crippen molar-refractivity contribution in [2.45, 2.75) is 13.5 Å². The molecule has 0 aliphatic carbocycles. The van der Waals surface area contributed by atoms with Gasteiger partial charge >= 0.3 is 5.69 Å². The summed E-state index contributed by atoms with van der Waals surface area (Å²) in [4.78, 5) is 29.4. The number of aromatic nitrogens is 4. The number of nitrogens with zero attached hydrogens (tertiary/aromatic N) is 2. The van der Waals surface area contributed by atoms with Crippen molar-refractivity contribution in [3.05, 3.63) is 55.9 Å². The third-order valence-corrected chi connectivity index (χ3v) is 3.48. The maximum atomic E-state index is 12.1. The van der Waals surface area contributed by atoms with Gasteiger partial charge < -0.3 is 9.55 Å². The van der Waals surface area contributed by atoms with Gasteiger partial charge in [0.2, 0.25) is 0 Å². The smallest absolute Gasteiger partial charge is 0.316 e. The summed E-state index contributed by atoms with van der Waals surface area (Å²) in [6.07, 6.45) is 0. The number of rotatable bonds is 2. The third kappa shape index (κ3) is 1.75. The van der Waals surface area contributed by atoms with Crippen LogP contribution in [0.1, 0.15) is 6.92 Å². The summed E-state index contributed by atoms with van der Waals surface area (Å²) in [6.45, 7) is 2.44. The van der Waals surface area contributed by atoms with Crippen molar-refractivity contribution in [3.63, 3.8) is 0 Å². The summed E-state index contributed by atoms with van der Waals surface area (Å²) in [6, 6.07) is 9.09. The standard InChI is InChI=1S/C13H12N4O2S/c1-2-16-9-10(14-13(16)20)17(12(19)15-11(9)18)8-6-4-3-5-7-8/h3-7H,2H2,1H3,(H,14,20)(H,15,18,19). The molecule has 0 amide bonds. The van der Waals surface area contributed by atoms with Crippen LogP contribution in [0.5, 0.6) is 0 Å². The molecule has 0 saturated carbocycles. The molecule has 2 heterocycles. The Labute approximate surface area is 118 Å². The van der Waals surface area contributed by atoms with Gasteiger partial charge in [0.1, 0.15) is 0 Å². The normalized spacial score (nSPS) is 11.1. The summed E-state index contributed by atoms with van der Waals surface area (Å²) in [7, 11) is 0. The van der Waals surface area contributed by atoms with Crippen molar-refractivity contribution in [2.24, 2.45) is 0 Å². The molecule has 0 spiro atoms. The molecular weight excluding hydrogens is 276 g/mol. The molecule has 102 valence electrons. The zero-order valence-corrected chi connectivity index (χ0v) is 11.5.